The fourth-order valence-electron chi connectivity index (χ4n) is 5.30. The number of rotatable bonds is 6. The summed E-state index contributed by atoms with van der Waals surface area (Å²) in [7, 11) is 0. The smallest absolute Gasteiger partial charge is 0.369 e. The summed E-state index contributed by atoms with van der Waals surface area (Å²) >= 11 is 0. The lowest BCUT2D eigenvalue weighted by atomic mass is 9.87. The quantitative estimate of drug-likeness (QED) is 0.170. The van der Waals surface area contributed by atoms with Crippen LogP contribution in [0.15, 0.2) is 91.0 Å². The Kier molecular flexibility index (Phi) is 10.2. The minimum absolute atomic E-state index is 0.214. The van der Waals surface area contributed by atoms with Crippen LogP contribution in [0, 0.1) is 0 Å². The van der Waals surface area contributed by atoms with E-state index in [2.05, 4.69) is 0 Å². The van der Waals surface area contributed by atoms with Crippen molar-refractivity contribution in [2.45, 2.75) is 53.9 Å². The van der Waals surface area contributed by atoms with Crippen molar-refractivity contribution in [1.82, 2.24) is 0 Å². The van der Waals surface area contributed by atoms with E-state index in [1.165, 1.54) is 0 Å². The molecule has 0 saturated carbocycles. The number of alkyl halides is 18. The molecule has 0 spiro atoms. The van der Waals surface area contributed by atoms with Gasteiger partial charge in [-0.1, -0.05) is 72.8 Å². The molecule has 0 aliphatic carbocycles. The fraction of sp³-hybridized carbons (Fsp3) is 0.273. The summed E-state index contributed by atoms with van der Waals surface area (Å²) in [5.41, 5.74) is -22.7. The molecule has 0 atom stereocenters. The Hall–Kier alpha value is -4.50. The van der Waals surface area contributed by atoms with Gasteiger partial charge in [-0.05, 0) is 51.6 Å². The largest absolute Gasteiger partial charge is 0.430 e. The van der Waals surface area contributed by atoms with E-state index in [9.17, 15) is 94.3 Å². The Bertz CT molecular complexity index is 1670. The van der Waals surface area contributed by atoms with Gasteiger partial charge < -0.3 is 15.3 Å². The van der Waals surface area contributed by atoms with Crippen molar-refractivity contribution < 1.29 is 94.3 Å². The summed E-state index contributed by atoms with van der Waals surface area (Å²) < 4.78 is 241. The Labute approximate surface area is 289 Å². The minimum Gasteiger partial charge on any atom is -0.369 e. The Balaban J connectivity index is 1.93. The van der Waals surface area contributed by atoms with Gasteiger partial charge in [0.25, 0.3) is 16.8 Å². The van der Waals surface area contributed by atoms with Crippen LogP contribution in [0.1, 0.15) is 16.7 Å². The third kappa shape index (κ3) is 6.96. The lowest BCUT2D eigenvalue weighted by Crippen LogP contribution is -2.53. The Morgan fingerprint density at radius 1 is 0.241 bits per heavy atom. The number of halogens is 18. The molecule has 4 aromatic rings. The number of hydrogen-bond donors (Lipinski definition) is 3. The molecular weight excluding hydrogens is 786 g/mol. The molecule has 4 aromatic carbocycles. The average Bonchev–Trinajstić information content (AvgIpc) is 3.04. The van der Waals surface area contributed by atoms with Crippen LogP contribution < -0.4 is 0 Å². The molecule has 0 fully saturated rings. The monoisotopic (exact) mass is 804 g/mol. The molecule has 0 aromatic heterocycles. The van der Waals surface area contributed by atoms with Crippen molar-refractivity contribution in [2.75, 3.05) is 0 Å². The molecule has 294 valence electrons. The van der Waals surface area contributed by atoms with Crippen LogP contribution in [0.5, 0.6) is 0 Å². The second kappa shape index (κ2) is 13.1. The summed E-state index contributed by atoms with van der Waals surface area (Å²) in [5.74, 6) is 0. The van der Waals surface area contributed by atoms with Crippen molar-refractivity contribution in [2.24, 2.45) is 0 Å². The van der Waals surface area contributed by atoms with Gasteiger partial charge in [-0.15, -0.1) is 0 Å². The van der Waals surface area contributed by atoms with Gasteiger partial charge >= 0.3 is 37.1 Å². The van der Waals surface area contributed by atoms with Gasteiger partial charge in [-0.2, -0.15) is 79.0 Å². The first-order chi connectivity index (χ1) is 24.2. The van der Waals surface area contributed by atoms with Crippen molar-refractivity contribution in [3.8, 4) is 33.4 Å². The van der Waals surface area contributed by atoms with Gasteiger partial charge in [0.15, 0.2) is 0 Å². The predicted octanol–water partition coefficient (Wildman–Crippen LogP) is 10.6. The second-order valence-corrected chi connectivity index (χ2v) is 11.6. The number of hydrogen-bond acceptors (Lipinski definition) is 3. The molecule has 0 unspecified atom stereocenters. The van der Waals surface area contributed by atoms with Crippen LogP contribution in [0.25, 0.3) is 33.4 Å². The van der Waals surface area contributed by atoms with E-state index < -0.39 is 70.6 Å². The van der Waals surface area contributed by atoms with Crippen LogP contribution in [-0.2, 0) is 16.8 Å². The summed E-state index contributed by atoms with van der Waals surface area (Å²) in [6, 6.07) is 8.25. The molecule has 0 heterocycles. The van der Waals surface area contributed by atoms with E-state index >= 15 is 0 Å². The Morgan fingerprint density at radius 2 is 0.389 bits per heavy atom. The highest BCUT2D eigenvalue weighted by Gasteiger charge is 2.73. The predicted molar refractivity (Wildman–Crippen MR) is 151 cm³/mol. The van der Waals surface area contributed by atoms with Crippen LogP contribution in [0.3, 0.4) is 0 Å². The zero-order valence-corrected chi connectivity index (χ0v) is 25.8. The van der Waals surface area contributed by atoms with E-state index in [-0.39, 0.29) is 69.8 Å². The molecule has 3 nitrogen and oxygen atoms in total. The van der Waals surface area contributed by atoms with Gasteiger partial charge in [0.2, 0.25) is 0 Å². The lowest BCUT2D eigenvalue weighted by Gasteiger charge is -2.32. The maximum absolute atomic E-state index is 13.4. The van der Waals surface area contributed by atoms with Crippen LogP contribution in [-0.4, -0.2) is 52.4 Å². The van der Waals surface area contributed by atoms with Crippen LogP contribution >= 0.6 is 0 Å². The number of aliphatic hydroxyl groups is 3. The molecule has 0 aliphatic heterocycles. The maximum atomic E-state index is 13.4. The summed E-state index contributed by atoms with van der Waals surface area (Å²) in [5, 5.41) is 29.1. The standard InChI is InChI=1S/C33H18F18O3/c34-28(35,36)25(52,29(37,38)39)22-7-1-16(2-8-22)19-13-20(17-3-9-23(10-4-17)26(53,30(40,41)42)31(43,44)45)15-21(14-19)18-5-11-24(12-6-18)27(54,32(46,47)48)33(49,50)51/h1-15,52-54H. The highest BCUT2D eigenvalue weighted by molar-refractivity contribution is 5.81. The van der Waals surface area contributed by atoms with Crippen molar-refractivity contribution in [3.63, 3.8) is 0 Å². The molecule has 3 N–H and O–H groups in total. The van der Waals surface area contributed by atoms with Gasteiger partial charge in [-0.25, -0.2) is 0 Å². The fourth-order valence-corrected chi connectivity index (χ4v) is 5.30. The molecule has 21 heteroatoms. The zero-order valence-electron chi connectivity index (χ0n) is 25.8. The third-order valence-electron chi connectivity index (χ3n) is 8.30. The molecule has 0 aliphatic rings. The molecule has 0 bridgehead atoms. The van der Waals surface area contributed by atoms with Crippen molar-refractivity contribution >= 4 is 0 Å². The highest BCUT2D eigenvalue weighted by Crippen LogP contribution is 2.53. The SMILES string of the molecule is OC(c1ccc(-c2cc(-c3ccc(C(O)(C(F)(F)F)C(F)(F)F)cc3)cc(-c3ccc(C(O)(C(F)(F)F)C(F)(F)F)cc3)c2)cc1)(C(F)(F)F)C(F)(F)F. The van der Waals surface area contributed by atoms with E-state index in [4.69, 9.17) is 0 Å². The molecule has 0 saturated heterocycles. The normalized spacial score (nSPS) is 14.4. The van der Waals surface area contributed by atoms with Gasteiger partial charge in [-0.3, -0.25) is 0 Å². The highest BCUT2D eigenvalue weighted by atomic mass is 19.4. The van der Waals surface area contributed by atoms with Crippen molar-refractivity contribution in [1.29, 1.82) is 0 Å². The number of benzene rings is 4. The van der Waals surface area contributed by atoms with E-state index in [0.717, 1.165) is 18.2 Å². The molecular formula is C33H18F18O3. The van der Waals surface area contributed by atoms with Gasteiger partial charge in [0.1, 0.15) is 0 Å². The molecule has 4 rings (SSSR count). The lowest BCUT2D eigenvalue weighted by molar-refractivity contribution is -0.376. The second-order valence-electron chi connectivity index (χ2n) is 11.6. The zero-order chi connectivity index (χ0) is 41.3. The van der Waals surface area contributed by atoms with Crippen LogP contribution in [0.2, 0.25) is 0 Å². The van der Waals surface area contributed by atoms with E-state index in [0.29, 0.717) is 36.4 Å². The molecule has 54 heavy (non-hydrogen) atoms. The molecule has 0 amide bonds. The summed E-state index contributed by atoms with van der Waals surface area (Å²) in [6.45, 7) is 0. The minimum atomic E-state index is -6.28. The average molecular weight is 804 g/mol. The third-order valence-corrected chi connectivity index (χ3v) is 8.30. The van der Waals surface area contributed by atoms with E-state index in [1.807, 2.05) is 0 Å². The van der Waals surface area contributed by atoms with Gasteiger partial charge in [0, 0.05) is 16.7 Å². The van der Waals surface area contributed by atoms with E-state index in [1.54, 1.807) is 0 Å². The van der Waals surface area contributed by atoms with Crippen molar-refractivity contribution in [3.05, 3.63) is 108 Å². The Morgan fingerprint density at radius 3 is 0.519 bits per heavy atom. The maximum Gasteiger partial charge on any atom is 0.430 e. The van der Waals surface area contributed by atoms with Gasteiger partial charge in [0.05, 0.1) is 0 Å². The summed E-state index contributed by atoms with van der Waals surface area (Å²) in [6.07, 6.45) is -37.7. The first-order valence-corrected chi connectivity index (χ1v) is 14.3. The topological polar surface area (TPSA) is 60.7 Å². The molecule has 0 radical (unpaired) electrons. The van der Waals surface area contributed by atoms with Crippen LogP contribution in [0.4, 0.5) is 79.0 Å². The summed E-state index contributed by atoms with van der Waals surface area (Å²) in [4.78, 5) is 0. The first-order valence-electron chi connectivity index (χ1n) is 14.3. The first kappa shape index (κ1) is 42.2.